The molecule has 0 saturated carbocycles. The summed E-state index contributed by atoms with van der Waals surface area (Å²) in [6.45, 7) is 0. The third-order valence-electron chi connectivity index (χ3n) is 5.94. The molecule has 0 aromatic heterocycles. The smallest absolute Gasteiger partial charge is 0.137 e. The Morgan fingerprint density at radius 3 is 1.33 bits per heavy atom. The maximum atomic E-state index is 10.1. The Morgan fingerprint density at radius 1 is 0.593 bits per heavy atom. The third kappa shape index (κ3) is 1.77. The molecule has 0 amide bonds. The van der Waals surface area contributed by atoms with Gasteiger partial charge in [0.25, 0.3) is 0 Å². The molecular formula is C24H16N2O. The normalized spacial score (nSPS) is 30.3. The van der Waals surface area contributed by atoms with Crippen molar-refractivity contribution in [1.82, 2.24) is 0 Å². The van der Waals surface area contributed by atoms with E-state index in [1.807, 2.05) is 84.9 Å². The number of ether oxygens (including phenoxy) is 1. The highest BCUT2D eigenvalue weighted by Gasteiger charge is 2.71. The molecule has 0 spiro atoms. The van der Waals surface area contributed by atoms with E-state index in [0.717, 1.165) is 22.3 Å². The molecule has 27 heavy (non-hydrogen) atoms. The second-order valence-electron chi connectivity index (χ2n) is 7.06. The lowest BCUT2D eigenvalue weighted by molar-refractivity contribution is -0.0508. The van der Waals surface area contributed by atoms with E-state index in [1.54, 1.807) is 0 Å². The maximum Gasteiger partial charge on any atom is 0.137 e. The van der Waals surface area contributed by atoms with Gasteiger partial charge in [0.2, 0.25) is 0 Å². The number of fused-ring (bicyclic) bond motifs is 5. The van der Waals surface area contributed by atoms with Crippen molar-refractivity contribution in [2.75, 3.05) is 0 Å². The van der Waals surface area contributed by atoms with Gasteiger partial charge in [0.05, 0.1) is 12.1 Å². The summed E-state index contributed by atoms with van der Waals surface area (Å²) >= 11 is 0. The molecule has 0 aliphatic carbocycles. The van der Waals surface area contributed by atoms with Crippen LogP contribution in [0.3, 0.4) is 0 Å². The van der Waals surface area contributed by atoms with Crippen LogP contribution < -0.4 is 0 Å². The van der Waals surface area contributed by atoms with E-state index in [4.69, 9.17) is 4.74 Å². The lowest BCUT2D eigenvalue weighted by atomic mass is 9.61. The lowest BCUT2D eigenvalue weighted by Gasteiger charge is -2.34. The van der Waals surface area contributed by atoms with Crippen LogP contribution in [0.15, 0.2) is 84.9 Å². The molecule has 1 fully saturated rings. The van der Waals surface area contributed by atoms with Crippen LogP contribution in [0.25, 0.3) is 0 Å². The third-order valence-corrected chi connectivity index (χ3v) is 5.94. The highest BCUT2D eigenvalue weighted by atomic mass is 16.5. The number of nitrogens with zero attached hydrogens (tertiary/aromatic N) is 2. The minimum atomic E-state index is -0.942. The van der Waals surface area contributed by atoms with Gasteiger partial charge in [-0.25, -0.2) is 0 Å². The molecule has 3 nitrogen and oxygen atoms in total. The Labute approximate surface area is 158 Å². The first-order chi connectivity index (χ1) is 13.3. The molecule has 4 unspecified atom stereocenters. The first-order valence-electron chi connectivity index (χ1n) is 8.99. The summed E-state index contributed by atoms with van der Waals surface area (Å²) in [6.07, 6.45) is 0. The van der Waals surface area contributed by atoms with Crippen molar-refractivity contribution in [1.29, 1.82) is 10.5 Å². The molecular weight excluding hydrogens is 332 g/mol. The average molecular weight is 348 g/mol. The van der Waals surface area contributed by atoms with Crippen LogP contribution in [0.4, 0.5) is 0 Å². The maximum absolute atomic E-state index is 10.1. The molecule has 5 rings (SSSR count). The summed E-state index contributed by atoms with van der Waals surface area (Å²) in [6, 6.07) is 32.5. The predicted octanol–water partition coefficient (Wildman–Crippen LogP) is 4.50. The first kappa shape index (κ1) is 15.8. The van der Waals surface area contributed by atoms with Gasteiger partial charge in [-0.15, -0.1) is 0 Å². The van der Waals surface area contributed by atoms with Crippen molar-refractivity contribution < 1.29 is 4.74 Å². The van der Waals surface area contributed by atoms with Crippen molar-refractivity contribution in [3.05, 3.63) is 107 Å². The van der Waals surface area contributed by atoms with Crippen LogP contribution in [-0.2, 0) is 15.9 Å². The van der Waals surface area contributed by atoms with Gasteiger partial charge in [-0.05, 0) is 22.3 Å². The topological polar surface area (TPSA) is 56.8 Å². The molecule has 1 saturated heterocycles. The van der Waals surface area contributed by atoms with Crippen molar-refractivity contribution in [3.8, 4) is 12.1 Å². The van der Waals surface area contributed by atoms with Gasteiger partial charge in [0, 0.05) is 0 Å². The quantitative estimate of drug-likeness (QED) is 0.685. The van der Waals surface area contributed by atoms with E-state index in [2.05, 4.69) is 12.1 Å². The van der Waals surface area contributed by atoms with E-state index in [0.29, 0.717) is 0 Å². The van der Waals surface area contributed by atoms with Crippen molar-refractivity contribution in [3.63, 3.8) is 0 Å². The summed E-state index contributed by atoms with van der Waals surface area (Å²) in [5.74, 6) is -1.19. The molecule has 2 bridgehead atoms. The fraction of sp³-hybridized carbons (Fsp3) is 0.167. The SMILES string of the molecule is N#CC1C(C#N)C2(c3ccccc3)OC1(c1ccccc1)c1ccccc12. The standard InChI is InChI=1S/C24H16N2O/c25-15-21-22(16-26)24(18-11-5-2-6-12-18)20-14-8-7-13-19(20)23(21,27-24)17-9-3-1-4-10-17/h1-14,21-22H. The van der Waals surface area contributed by atoms with Crippen LogP contribution in [0.1, 0.15) is 22.3 Å². The van der Waals surface area contributed by atoms with Crippen LogP contribution in [0.5, 0.6) is 0 Å². The summed E-state index contributed by atoms with van der Waals surface area (Å²) in [4.78, 5) is 0. The summed E-state index contributed by atoms with van der Waals surface area (Å²) in [5.41, 5.74) is 1.92. The highest BCUT2D eigenvalue weighted by Crippen LogP contribution is 2.68. The number of nitriles is 2. The van der Waals surface area contributed by atoms with E-state index >= 15 is 0 Å². The molecule has 3 aromatic carbocycles. The minimum Gasteiger partial charge on any atom is -0.347 e. The molecule has 2 aliphatic heterocycles. The second-order valence-corrected chi connectivity index (χ2v) is 7.06. The second kappa shape index (κ2) is 5.55. The monoisotopic (exact) mass is 348 g/mol. The Hall–Kier alpha value is -3.40. The largest absolute Gasteiger partial charge is 0.347 e. The molecule has 0 N–H and O–H groups in total. The van der Waals surface area contributed by atoms with E-state index in [9.17, 15) is 10.5 Å². The summed E-state index contributed by atoms with van der Waals surface area (Å²) in [7, 11) is 0. The average Bonchev–Trinajstić information content (AvgIpc) is 3.23. The van der Waals surface area contributed by atoms with Gasteiger partial charge in [0.15, 0.2) is 0 Å². The molecule has 128 valence electrons. The molecule has 2 heterocycles. The molecule has 4 atom stereocenters. The van der Waals surface area contributed by atoms with Crippen molar-refractivity contribution in [2.24, 2.45) is 11.8 Å². The zero-order chi connectivity index (χ0) is 18.5. The van der Waals surface area contributed by atoms with Gasteiger partial charge >= 0.3 is 0 Å². The lowest BCUT2D eigenvalue weighted by Crippen LogP contribution is -2.39. The van der Waals surface area contributed by atoms with Gasteiger partial charge in [-0.2, -0.15) is 10.5 Å². The number of benzene rings is 3. The molecule has 0 radical (unpaired) electrons. The Balaban J connectivity index is 1.90. The van der Waals surface area contributed by atoms with E-state index in [-0.39, 0.29) is 0 Å². The molecule has 3 heteroatoms. The zero-order valence-electron chi connectivity index (χ0n) is 14.5. The predicted molar refractivity (Wildman–Crippen MR) is 100 cm³/mol. The van der Waals surface area contributed by atoms with E-state index in [1.165, 1.54) is 0 Å². The number of rotatable bonds is 2. The Bertz CT molecular complexity index is 1010. The fourth-order valence-electron chi connectivity index (χ4n) is 4.92. The van der Waals surface area contributed by atoms with Crippen LogP contribution in [0.2, 0.25) is 0 Å². The first-order valence-corrected chi connectivity index (χ1v) is 8.99. The van der Waals surface area contributed by atoms with Gasteiger partial charge in [0.1, 0.15) is 23.0 Å². The Morgan fingerprint density at radius 2 is 0.963 bits per heavy atom. The molecule has 2 aliphatic rings. The van der Waals surface area contributed by atoms with Crippen LogP contribution in [-0.4, -0.2) is 0 Å². The number of hydrogen-bond donors (Lipinski definition) is 0. The van der Waals surface area contributed by atoms with Gasteiger partial charge < -0.3 is 4.74 Å². The van der Waals surface area contributed by atoms with Crippen LogP contribution in [0, 0.1) is 34.5 Å². The minimum absolute atomic E-state index is 0.597. The van der Waals surface area contributed by atoms with Crippen LogP contribution >= 0.6 is 0 Å². The Kier molecular flexibility index (Phi) is 3.25. The highest BCUT2D eigenvalue weighted by molar-refractivity contribution is 5.59. The van der Waals surface area contributed by atoms with Crippen molar-refractivity contribution in [2.45, 2.75) is 11.2 Å². The van der Waals surface area contributed by atoms with Gasteiger partial charge in [-0.1, -0.05) is 84.9 Å². The number of hydrogen-bond acceptors (Lipinski definition) is 3. The molecule has 3 aromatic rings. The zero-order valence-corrected chi connectivity index (χ0v) is 14.5. The van der Waals surface area contributed by atoms with Gasteiger partial charge in [-0.3, -0.25) is 0 Å². The fourth-order valence-corrected chi connectivity index (χ4v) is 4.92. The summed E-state index contributed by atoms with van der Waals surface area (Å²) in [5, 5.41) is 20.2. The summed E-state index contributed by atoms with van der Waals surface area (Å²) < 4.78 is 6.85. The van der Waals surface area contributed by atoms with E-state index < -0.39 is 23.0 Å². The van der Waals surface area contributed by atoms with Crippen molar-refractivity contribution >= 4 is 0 Å².